The molecule has 0 amide bonds. The molecule has 0 rings (SSSR count). The molecule has 0 aromatic heterocycles. The molecule has 31 heavy (non-hydrogen) atoms. The van der Waals surface area contributed by atoms with Crippen LogP contribution in [0.4, 0.5) is 0 Å². The molecule has 186 valence electrons. The highest BCUT2D eigenvalue weighted by Crippen LogP contribution is 2.19. The van der Waals surface area contributed by atoms with Gasteiger partial charge in [0.25, 0.3) is 0 Å². The Balaban J connectivity index is 3.11. The van der Waals surface area contributed by atoms with Gasteiger partial charge in [-0.3, -0.25) is 4.79 Å². The Labute approximate surface area is 196 Å². The van der Waals surface area contributed by atoms with Crippen LogP contribution in [0.1, 0.15) is 174 Å². The van der Waals surface area contributed by atoms with Crippen molar-refractivity contribution in [1.82, 2.24) is 0 Å². The number of rotatable bonds is 26. The van der Waals surface area contributed by atoms with Crippen molar-refractivity contribution in [1.29, 1.82) is 0 Å². The van der Waals surface area contributed by atoms with Gasteiger partial charge in [0.1, 0.15) is 0 Å². The summed E-state index contributed by atoms with van der Waals surface area (Å²) in [6, 6.07) is 0. The zero-order chi connectivity index (χ0) is 22.8. The molecule has 0 fully saturated rings. The van der Waals surface area contributed by atoms with E-state index in [1.165, 1.54) is 141 Å². The van der Waals surface area contributed by atoms with Gasteiger partial charge < -0.3 is 5.11 Å². The van der Waals surface area contributed by atoms with Gasteiger partial charge in [-0.2, -0.15) is 0 Å². The van der Waals surface area contributed by atoms with Crippen molar-refractivity contribution in [2.45, 2.75) is 174 Å². The second kappa shape index (κ2) is 25.7. The second-order valence-electron chi connectivity index (χ2n) is 10.3. The van der Waals surface area contributed by atoms with E-state index in [9.17, 15) is 4.79 Å². The molecule has 0 saturated heterocycles. The minimum absolute atomic E-state index is 0.346. The molecular weight excluding hydrogens is 380 g/mol. The number of unbranched alkanes of at least 4 members (excludes halogenated alkanes) is 20. The summed E-state index contributed by atoms with van der Waals surface area (Å²) in [5, 5.41) is 8.60. The second-order valence-corrected chi connectivity index (χ2v) is 10.3. The van der Waals surface area contributed by atoms with E-state index in [0.717, 1.165) is 18.8 Å². The maximum atomic E-state index is 10.4. The first-order valence-electron chi connectivity index (χ1n) is 14.4. The van der Waals surface area contributed by atoms with E-state index < -0.39 is 5.97 Å². The molecule has 1 atom stereocenters. The Morgan fingerprint density at radius 1 is 0.516 bits per heavy atom. The standard InChI is InChI=1S/C29H58O2/c1-3-4-5-6-19-22-25-28(2)26-23-20-17-15-13-11-9-7-8-10-12-14-16-18-21-24-27-29(30)31/h28H,3-27H2,1-2H3,(H,30,31). The average molecular weight is 439 g/mol. The Hall–Kier alpha value is -0.530. The molecule has 0 bridgehead atoms. The molecule has 0 saturated carbocycles. The van der Waals surface area contributed by atoms with Gasteiger partial charge >= 0.3 is 5.97 Å². The fraction of sp³-hybridized carbons (Fsp3) is 0.966. The molecular formula is C29H58O2. The third-order valence-corrected chi connectivity index (χ3v) is 6.89. The van der Waals surface area contributed by atoms with Crippen molar-refractivity contribution in [3.8, 4) is 0 Å². The summed E-state index contributed by atoms with van der Waals surface area (Å²) in [5.41, 5.74) is 0. The van der Waals surface area contributed by atoms with Gasteiger partial charge in [0.2, 0.25) is 0 Å². The predicted molar refractivity (Wildman–Crippen MR) is 138 cm³/mol. The highest BCUT2D eigenvalue weighted by atomic mass is 16.4. The van der Waals surface area contributed by atoms with Crippen LogP contribution in [0.5, 0.6) is 0 Å². The van der Waals surface area contributed by atoms with Gasteiger partial charge in [-0.05, 0) is 12.3 Å². The fourth-order valence-corrected chi connectivity index (χ4v) is 4.66. The summed E-state index contributed by atoms with van der Waals surface area (Å²) in [4.78, 5) is 10.4. The monoisotopic (exact) mass is 438 g/mol. The number of carboxylic acids is 1. The summed E-state index contributed by atoms with van der Waals surface area (Å²) >= 11 is 0. The number of carbonyl (C=O) groups is 1. The lowest BCUT2D eigenvalue weighted by Gasteiger charge is -2.11. The lowest BCUT2D eigenvalue weighted by molar-refractivity contribution is -0.137. The van der Waals surface area contributed by atoms with Gasteiger partial charge in [-0.15, -0.1) is 0 Å². The van der Waals surface area contributed by atoms with Crippen LogP contribution in [0.3, 0.4) is 0 Å². The third-order valence-electron chi connectivity index (χ3n) is 6.89. The van der Waals surface area contributed by atoms with Gasteiger partial charge in [-0.25, -0.2) is 0 Å². The first kappa shape index (κ1) is 30.5. The lowest BCUT2D eigenvalue weighted by atomic mass is 9.96. The van der Waals surface area contributed by atoms with Crippen molar-refractivity contribution in [3.05, 3.63) is 0 Å². The van der Waals surface area contributed by atoms with Crippen LogP contribution in [0.2, 0.25) is 0 Å². The van der Waals surface area contributed by atoms with Crippen molar-refractivity contribution in [2.75, 3.05) is 0 Å². The number of hydrogen-bond donors (Lipinski definition) is 1. The van der Waals surface area contributed by atoms with Crippen LogP contribution in [0, 0.1) is 5.92 Å². The van der Waals surface area contributed by atoms with Crippen LogP contribution < -0.4 is 0 Å². The van der Waals surface area contributed by atoms with E-state index in [0.29, 0.717) is 6.42 Å². The highest BCUT2D eigenvalue weighted by Gasteiger charge is 2.02. The smallest absolute Gasteiger partial charge is 0.303 e. The van der Waals surface area contributed by atoms with Crippen molar-refractivity contribution >= 4 is 5.97 Å². The van der Waals surface area contributed by atoms with Crippen LogP contribution in [0.15, 0.2) is 0 Å². The van der Waals surface area contributed by atoms with Crippen LogP contribution in [-0.2, 0) is 4.79 Å². The van der Waals surface area contributed by atoms with E-state index in [2.05, 4.69) is 13.8 Å². The summed E-state index contributed by atoms with van der Waals surface area (Å²) in [5.74, 6) is 0.298. The van der Waals surface area contributed by atoms with Gasteiger partial charge in [0, 0.05) is 6.42 Å². The van der Waals surface area contributed by atoms with E-state index in [-0.39, 0.29) is 0 Å². The zero-order valence-electron chi connectivity index (χ0n) is 21.6. The Morgan fingerprint density at radius 2 is 0.806 bits per heavy atom. The topological polar surface area (TPSA) is 37.3 Å². The highest BCUT2D eigenvalue weighted by molar-refractivity contribution is 5.66. The summed E-state index contributed by atoms with van der Waals surface area (Å²) in [6.45, 7) is 4.76. The number of carboxylic acid groups (broad SMARTS) is 1. The van der Waals surface area contributed by atoms with Crippen LogP contribution in [0.25, 0.3) is 0 Å². The largest absolute Gasteiger partial charge is 0.481 e. The van der Waals surface area contributed by atoms with E-state index >= 15 is 0 Å². The molecule has 0 spiro atoms. The Kier molecular flexibility index (Phi) is 25.3. The van der Waals surface area contributed by atoms with Gasteiger partial charge in [0.15, 0.2) is 0 Å². The Morgan fingerprint density at radius 3 is 1.13 bits per heavy atom. The molecule has 1 unspecified atom stereocenters. The maximum absolute atomic E-state index is 10.4. The van der Waals surface area contributed by atoms with Crippen LogP contribution in [-0.4, -0.2) is 11.1 Å². The molecule has 0 aromatic rings. The summed E-state index contributed by atoms with van der Waals surface area (Å²) in [6.07, 6.45) is 33.4. The molecule has 0 aliphatic rings. The maximum Gasteiger partial charge on any atom is 0.303 e. The van der Waals surface area contributed by atoms with Crippen molar-refractivity contribution in [3.63, 3.8) is 0 Å². The molecule has 0 radical (unpaired) electrons. The summed E-state index contributed by atoms with van der Waals surface area (Å²) in [7, 11) is 0. The third kappa shape index (κ3) is 27.4. The minimum Gasteiger partial charge on any atom is -0.481 e. The van der Waals surface area contributed by atoms with E-state index in [4.69, 9.17) is 5.11 Å². The van der Waals surface area contributed by atoms with Crippen molar-refractivity contribution in [2.24, 2.45) is 5.92 Å². The zero-order valence-corrected chi connectivity index (χ0v) is 21.6. The average Bonchev–Trinajstić information content (AvgIpc) is 2.75. The lowest BCUT2D eigenvalue weighted by Crippen LogP contribution is -1.95. The van der Waals surface area contributed by atoms with E-state index in [1.807, 2.05) is 0 Å². The minimum atomic E-state index is -0.649. The molecule has 1 N–H and O–H groups in total. The Bertz CT molecular complexity index is 353. The fourth-order valence-electron chi connectivity index (χ4n) is 4.66. The van der Waals surface area contributed by atoms with Crippen molar-refractivity contribution < 1.29 is 9.90 Å². The SMILES string of the molecule is CCCCCCCCC(C)CCCCCCCCCCCCCCCCCCC(=O)O. The molecule has 2 heteroatoms. The normalized spacial score (nSPS) is 12.3. The predicted octanol–water partition coefficient (Wildman–Crippen LogP) is 10.5. The molecule has 0 aliphatic heterocycles. The first-order chi connectivity index (χ1) is 15.2. The molecule has 0 aromatic carbocycles. The first-order valence-corrected chi connectivity index (χ1v) is 14.4. The number of aliphatic carboxylic acids is 1. The molecule has 0 heterocycles. The quantitative estimate of drug-likeness (QED) is 0.136. The summed E-state index contributed by atoms with van der Waals surface area (Å²) < 4.78 is 0. The van der Waals surface area contributed by atoms with E-state index in [1.54, 1.807) is 0 Å². The molecule has 0 aliphatic carbocycles. The van der Waals surface area contributed by atoms with Gasteiger partial charge in [0.05, 0.1) is 0 Å². The number of hydrogen-bond acceptors (Lipinski definition) is 1. The molecule has 2 nitrogen and oxygen atoms in total. The van der Waals surface area contributed by atoms with Crippen LogP contribution >= 0.6 is 0 Å². The van der Waals surface area contributed by atoms with Gasteiger partial charge in [-0.1, -0.05) is 162 Å².